The first-order valence-electron chi connectivity index (χ1n) is 5.95. The molecule has 0 spiro atoms. The van der Waals surface area contributed by atoms with Crippen molar-refractivity contribution in [3.8, 4) is 0 Å². The van der Waals surface area contributed by atoms with Crippen LogP contribution >= 0.6 is 15.9 Å². The Labute approximate surface area is 118 Å². The third-order valence-electron chi connectivity index (χ3n) is 2.99. The van der Waals surface area contributed by atoms with E-state index in [-0.39, 0.29) is 11.2 Å². The Balaban J connectivity index is 2.63. The number of sulfone groups is 1. The molecule has 0 fully saturated rings. The van der Waals surface area contributed by atoms with Gasteiger partial charge in [0.15, 0.2) is 9.84 Å². The second kappa shape index (κ2) is 6.17. The van der Waals surface area contributed by atoms with Crippen LogP contribution in [0.3, 0.4) is 0 Å². The molecule has 5 heteroatoms. The lowest BCUT2D eigenvalue weighted by molar-refractivity contribution is 0.344. The number of benzene rings is 1. The first-order valence-corrected chi connectivity index (χ1v) is 8.40. The minimum absolute atomic E-state index is 0.00916. The average molecular weight is 334 g/mol. The highest BCUT2D eigenvalue weighted by Gasteiger charge is 2.19. The first kappa shape index (κ1) is 15.7. The number of rotatable bonds is 6. The number of hydrogen-bond acceptors (Lipinski definition) is 3. The van der Waals surface area contributed by atoms with Crippen LogP contribution < -0.4 is 5.73 Å². The lowest BCUT2D eigenvalue weighted by Crippen LogP contribution is -2.24. The van der Waals surface area contributed by atoms with Gasteiger partial charge in [-0.25, -0.2) is 8.42 Å². The highest BCUT2D eigenvalue weighted by atomic mass is 79.9. The normalized spacial score (nSPS) is 12.7. The molecule has 102 valence electrons. The molecule has 0 radical (unpaired) electrons. The SMILES string of the molecule is CC(C)(CN)CCCS(=O)(=O)c1ccc(Br)cc1. The van der Waals surface area contributed by atoms with Gasteiger partial charge in [-0.2, -0.15) is 0 Å². The van der Waals surface area contributed by atoms with Crippen molar-refractivity contribution >= 4 is 25.8 Å². The fourth-order valence-corrected chi connectivity index (χ4v) is 3.18. The molecule has 18 heavy (non-hydrogen) atoms. The summed E-state index contributed by atoms with van der Waals surface area (Å²) in [5.41, 5.74) is 5.64. The van der Waals surface area contributed by atoms with Crippen molar-refractivity contribution in [2.45, 2.75) is 31.6 Å². The number of hydrogen-bond donors (Lipinski definition) is 1. The largest absolute Gasteiger partial charge is 0.330 e. The van der Waals surface area contributed by atoms with Gasteiger partial charge in [0.2, 0.25) is 0 Å². The zero-order chi connectivity index (χ0) is 13.8. The number of nitrogens with two attached hydrogens (primary N) is 1. The second-order valence-electron chi connectivity index (χ2n) is 5.24. The molecule has 1 aromatic carbocycles. The first-order chi connectivity index (χ1) is 8.27. The molecular formula is C13H20BrNO2S. The van der Waals surface area contributed by atoms with E-state index in [0.29, 0.717) is 17.9 Å². The summed E-state index contributed by atoms with van der Waals surface area (Å²) < 4.78 is 25.0. The molecule has 0 atom stereocenters. The van der Waals surface area contributed by atoms with Gasteiger partial charge in [-0.3, -0.25) is 0 Å². The topological polar surface area (TPSA) is 60.2 Å². The molecule has 0 heterocycles. The van der Waals surface area contributed by atoms with E-state index in [1.807, 2.05) is 0 Å². The van der Waals surface area contributed by atoms with E-state index in [1.165, 1.54) is 0 Å². The molecule has 0 aliphatic carbocycles. The molecule has 0 aromatic heterocycles. The molecule has 3 nitrogen and oxygen atoms in total. The summed E-state index contributed by atoms with van der Waals surface area (Å²) in [6.45, 7) is 4.68. The average Bonchev–Trinajstić information content (AvgIpc) is 2.29. The third kappa shape index (κ3) is 4.71. The van der Waals surface area contributed by atoms with E-state index in [1.54, 1.807) is 24.3 Å². The summed E-state index contributed by atoms with van der Waals surface area (Å²) in [5, 5.41) is 0. The van der Waals surface area contributed by atoms with Crippen molar-refractivity contribution < 1.29 is 8.42 Å². The van der Waals surface area contributed by atoms with Crippen molar-refractivity contribution in [2.24, 2.45) is 11.1 Å². The van der Waals surface area contributed by atoms with Crippen molar-refractivity contribution in [1.82, 2.24) is 0 Å². The van der Waals surface area contributed by atoms with Crippen molar-refractivity contribution in [3.05, 3.63) is 28.7 Å². The van der Waals surface area contributed by atoms with E-state index in [9.17, 15) is 8.42 Å². The van der Waals surface area contributed by atoms with Gasteiger partial charge >= 0.3 is 0 Å². The minimum atomic E-state index is -3.17. The van der Waals surface area contributed by atoms with Crippen molar-refractivity contribution in [2.75, 3.05) is 12.3 Å². The molecule has 0 aliphatic rings. The fraction of sp³-hybridized carbons (Fsp3) is 0.538. The minimum Gasteiger partial charge on any atom is -0.330 e. The predicted octanol–water partition coefficient (Wildman–Crippen LogP) is 2.99. The summed E-state index contributed by atoms with van der Waals surface area (Å²) >= 11 is 3.29. The van der Waals surface area contributed by atoms with Crippen LogP contribution in [0.2, 0.25) is 0 Å². The highest BCUT2D eigenvalue weighted by molar-refractivity contribution is 9.10. The van der Waals surface area contributed by atoms with Crippen LogP contribution in [-0.2, 0) is 9.84 Å². The Morgan fingerprint density at radius 3 is 2.28 bits per heavy atom. The Hall–Kier alpha value is -0.390. The van der Waals surface area contributed by atoms with E-state index in [0.717, 1.165) is 10.9 Å². The summed E-state index contributed by atoms with van der Waals surface area (Å²) in [6, 6.07) is 6.76. The van der Waals surface area contributed by atoms with Gasteiger partial charge in [0, 0.05) is 4.47 Å². The Kier molecular flexibility index (Phi) is 5.37. The summed E-state index contributed by atoms with van der Waals surface area (Å²) in [5.74, 6) is 0.179. The van der Waals surface area contributed by atoms with Crippen LogP contribution in [0.15, 0.2) is 33.6 Å². The molecule has 0 bridgehead atoms. The molecule has 0 saturated carbocycles. The van der Waals surface area contributed by atoms with Gasteiger partial charge in [0.25, 0.3) is 0 Å². The lowest BCUT2D eigenvalue weighted by atomic mass is 9.88. The van der Waals surface area contributed by atoms with Gasteiger partial charge in [0.1, 0.15) is 0 Å². The third-order valence-corrected chi connectivity index (χ3v) is 5.34. The number of halogens is 1. The summed E-state index contributed by atoms with van der Waals surface area (Å²) in [4.78, 5) is 0.385. The van der Waals surface area contributed by atoms with Gasteiger partial charge in [-0.15, -0.1) is 0 Å². The molecule has 1 rings (SSSR count). The lowest BCUT2D eigenvalue weighted by Gasteiger charge is -2.21. The quantitative estimate of drug-likeness (QED) is 0.870. The van der Waals surface area contributed by atoms with Gasteiger partial charge in [-0.1, -0.05) is 29.8 Å². The molecule has 0 aliphatic heterocycles. The van der Waals surface area contributed by atoms with Crippen LogP contribution in [-0.4, -0.2) is 20.7 Å². The van der Waals surface area contributed by atoms with E-state index >= 15 is 0 Å². The Morgan fingerprint density at radius 1 is 1.22 bits per heavy atom. The molecule has 2 N–H and O–H groups in total. The zero-order valence-electron chi connectivity index (χ0n) is 10.8. The fourth-order valence-electron chi connectivity index (χ4n) is 1.60. The van der Waals surface area contributed by atoms with Crippen LogP contribution in [0, 0.1) is 5.41 Å². The maximum atomic E-state index is 12.1. The Morgan fingerprint density at radius 2 is 1.78 bits per heavy atom. The van der Waals surface area contributed by atoms with Gasteiger partial charge in [0.05, 0.1) is 10.6 Å². The van der Waals surface area contributed by atoms with E-state index in [2.05, 4.69) is 29.8 Å². The van der Waals surface area contributed by atoms with Crippen LogP contribution in [0.1, 0.15) is 26.7 Å². The molecule has 0 saturated heterocycles. The molecule has 0 unspecified atom stereocenters. The van der Waals surface area contributed by atoms with Crippen molar-refractivity contribution in [3.63, 3.8) is 0 Å². The smallest absolute Gasteiger partial charge is 0.178 e. The maximum Gasteiger partial charge on any atom is 0.178 e. The Bertz CT molecular complexity index is 480. The van der Waals surface area contributed by atoms with E-state index in [4.69, 9.17) is 5.73 Å². The molecular weight excluding hydrogens is 314 g/mol. The van der Waals surface area contributed by atoms with Crippen LogP contribution in [0.5, 0.6) is 0 Å². The standard InChI is InChI=1S/C13H20BrNO2S/c1-13(2,10-15)8-3-9-18(16,17)12-6-4-11(14)5-7-12/h4-7H,3,8-10,15H2,1-2H3. The van der Waals surface area contributed by atoms with Crippen LogP contribution in [0.25, 0.3) is 0 Å². The molecule has 0 amide bonds. The monoisotopic (exact) mass is 333 g/mol. The highest BCUT2D eigenvalue weighted by Crippen LogP contribution is 2.22. The van der Waals surface area contributed by atoms with E-state index < -0.39 is 9.84 Å². The zero-order valence-corrected chi connectivity index (χ0v) is 13.2. The van der Waals surface area contributed by atoms with Crippen LogP contribution in [0.4, 0.5) is 0 Å². The predicted molar refractivity (Wildman–Crippen MR) is 78.3 cm³/mol. The summed E-state index contributed by atoms with van der Waals surface area (Å²) in [6.07, 6.45) is 1.46. The molecule has 1 aromatic rings. The maximum absolute atomic E-state index is 12.1. The van der Waals surface area contributed by atoms with Gasteiger partial charge in [-0.05, 0) is 49.1 Å². The second-order valence-corrected chi connectivity index (χ2v) is 8.27. The summed E-state index contributed by atoms with van der Waals surface area (Å²) in [7, 11) is -3.17. The van der Waals surface area contributed by atoms with Crippen molar-refractivity contribution in [1.29, 1.82) is 0 Å². The van der Waals surface area contributed by atoms with Gasteiger partial charge < -0.3 is 5.73 Å².